The third kappa shape index (κ3) is 25.8. The molecule has 0 spiro atoms. The number of ether oxygens (including phenoxy) is 3. The fourth-order valence-electron chi connectivity index (χ4n) is 21.1. The molecule has 32 heteroatoms. The highest BCUT2D eigenvalue weighted by atomic mass is 35.5. The van der Waals surface area contributed by atoms with Crippen molar-refractivity contribution >= 4 is 142 Å². The fraction of sp³-hybridized carbons (Fsp3) is 0.475. The van der Waals surface area contributed by atoms with Gasteiger partial charge < -0.3 is 53.1 Å². The molecule has 9 aromatic rings. The molecule has 0 aliphatic carbocycles. The molecule has 0 bridgehead atoms. The van der Waals surface area contributed by atoms with Gasteiger partial charge in [-0.1, -0.05) is 223 Å². The number of amides is 8. The molecule has 0 saturated carbocycles. The number of carbonyl (C=O) groups is 5. The maximum atomic E-state index is 15.2. The molecule has 6 heterocycles. The first-order valence-electron chi connectivity index (χ1n) is 52.7. The Kier molecular flexibility index (Phi) is 36.8. The zero-order chi connectivity index (χ0) is 110. The monoisotopic (exact) mass is 2210 g/mol. The summed E-state index contributed by atoms with van der Waals surface area (Å²) in [6.07, 6.45) is 2.34. The van der Waals surface area contributed by atoms with E-state index in [0.29, 0.717) is 182 Å². The molecule has 6 aliphatic rings. The third-order valence-corrected chi connectivity index (χ3v) is 37.0. The van der Waals surface area contributed by atoms with Crippen LogP contribution in [0, 0.1) is 0 Å². The van der Waals surface area contributed by atoms with Gasteiger partial charge in [-0.15, -0.1) is 0 Å². The lowest BCUT2D eigenvalue weighted by molar-refractivity contribution is -0.133. The number of nitrogens with zero attached hydrogens (tertiary/aromatic N) is 12. The van der Waals surface area contributed by atoms with E-state index in [4.69, 9.17) is 98.8 Å². The SMILES string of the molecule is CCOc1cc(C(C)(C)C)ccc1C1=N[C@@](C)(c2ccc(Cl)cc2)[C@@](C)(c2ccc(Cl)cc2)N1C(=O)N1CCN(C(=O)CCC[Si](C)(C)O)CC1.CCOc1cc(C(C)(C)C)ccc1C1=N[C@@](C)(c2ccc(Cl)cc2)[C@@](C)(c2ccc(Cl)cc2)N1C(=O)N1CCN(C(=O)CC[Si](C)(C)O)CC1.CCOc1cc(C(C)(C)C)ccc1C1=N[C@@](C)(c2ccc(Cl)cc2)[C@@](C)(c2ccc(Cl)cc2)N1C(=O)N1CCN(CCC[Si](C)(C)O)CC1. The maximum absolute atomic E-state index is 15.2. The van der Waals surface area contributed by atoms with E-state index in [9.17, 15) is 24.0 Å². The standard InChI is InChI=1S/C40H52Cl2N4O4Si.C39H50Cl2N4O4Si.C39H52Cl2N4O3Si/c1-9-50-34-27-30(38(2,3)4)16-21-33(34)36-43-39(5,28-12-17-31(41)18-13-28)40(6,29-14-19-32(42)20-15-29)46(36)37(48)45-24-22-44(23-25-45)35(47)11-10-26-51(7,8)49;1-9-49-33-26-29(37(2,3)4)14-19-32(33)35-42-38(5,27-10-15-30(40)16-11-27)39(6,28-12-17-31(41)18-13-28)45(35)36(47)44-23-21-43(22-24-44)34(46)20-25-50(7,8)48;1-9-48-34-27-30(37(2,3)4)15-20-33(34)35-42-38(5,28-11-16-31(40)17-12-28)39(6,29-13-18-32(41)19-14-29)45(35)36(46)44-24-22-43(23-25-44)21-10-26-49(7,8)47/h12-21,27,49H,9-11,22-26H2,1-8H3;10-19,26,48H,9,20-25H2,1-8H3;11-20,27,47H,9-10,21-26H2,1-8H3/t39-,40+;2*38-,39+/m000/s1. The molecule has 806 valence electrons. The second kappa shape index (κ2) is 47.0. The average molecular weight is 2210 g/mol. The van der Waals surface area contributed by atoms with Crippen molar-refractivity contribution in [2.75, 3.05) is 105 Å². The topological polar surface area (TPSA) is 240 Å². The van der Waals surface area contributed by atoms with E-state index >= 15 is 14.4 Å². The molecule has 0 radical (unpaired) electrons. The van der Waals surface area contributed by atoms with Gasteiger partial charge in [-0.3, -0.25) is 44.2 Å². The van der Waals surface area contributed by atoms with Gasteiger partial charge >= 0.3 is 18.1 Å². The zero-order valence-electron chi connectivity index (χ0n) is 92.1. The first-order chi connectivity index (χ1) is 70.2. The second-order valence-corrected chi connectivity index (χ2v) is 61.3. The van der Waals surface area contributed by atoms with Crippen LogP contribution in [0.1, 0.15) is 217 Å². The minimum atomic E-state index is -2.35. The summed E-state index contributed by atoms with van der Waals surface area (Å²) in [6, 6.07) is 66.3. The average Bonchev–Trinajstić information content (AvgIpc) is 1.54. The van der Waals surface area contributed by atoms with Crippen molar-refractivity contribution in [1.29, 1.82) is 0 Å². The highest BCUT2D eigenvalue weighted by Crippen LogP contribution is 2.59. The van der Waals surface area contributed by atoms with E-state index in [1.165, 1.54) is 0 Å². The van der Waals surface area contributed by atoms with Gasteiger partial charge in [-0.2, -0.15) is 0 Å². The van der Waals surface area contributed by atoms with Crippen LogP contribution in [0.3, 0.4) is 0 Å². The van der Waals surface area contributed by atoms with Crippen LogP contribution in [0.5, 0.6) is 17.2 Å². The van der Waals surface area contributed by atoms with E-state index < -0.39 is 58.2 Å². The molecular weight excluding hydrogens is 2060 g/mol. The van der Waals surface area contributed by atoms with Gasteiger partial charge in [0.25, 0.3) is 0 Å². The predicted octanol–water partition coefficient (Wildman–Crippen LogP) is 26.2. The Morgan fingerprint density at radius 3 is 0.780 bits per heavy atom. The number of urea groups is 3. The molecule has 23 nitrogen and oxygen atoms in total. The van der Waals surface area contributed by atoms with Crippen molar-refractivity contribution in [3.8, 4) is 17.2 Å². The van der Waals surface area contributed by atoms with Gasteiger partial charge in [0.2, 0.25) is 11.8 Å². The Morgan fingerprint density at radius 2 is 0.540 bits per heavy atom. The number of halogens is 6. The van der Waals surface area contributed by atoms with Gasteiger partial charge in [0.15, 0.2) is 25.0 Å². The van der Waals surface area contributed by atoms with Crippen LogP contribution in [-0.2, 0) is 59.1 Å². The first-order valence-corrected chi connectivity index (χ1v) is 64.4. The van der Waals surface area contributed by atoms with Gasteiger partial charge in [-0.25, -0.2) is 14.4 Å². The molecule has 15 rings (SSSR count). The van der Waals surface area contributed by atoms with E-state index in [0.717, 1.165) is 98.9 Å². The summed E-state index contributed by atoms with van der Waals surface area (Å²) >= 11 is 38.4. The molecule has 8 amide bonds. The van der Waals surface area contributed by atoms with E-state index in [2.05, 4.69) is 151 Å². The number of amidine groups is 3. The molecule has 6 atom stereocenters. The van der Waals surface area contributed by atoms with Crippen molar-refractivity contribution in [3.63, 3.8) is 0 Å². The number of piperazine rings is 3. The zero-order valence-corrected chi connectivity index (χ0v) is 99.6. The summed E-state index contributed by atoms with van der Waals surface area (Å²) in [5.41, 5.74) is 4.72. The highest BCUT2D eigenvalue weighted by Gasteiger charge is 2.64. The van der Waals surface area contributed by atoms with Crippen molar-refractivity contribution in [1.82, 2.24) is 44.1 Å². The Morgan fingerprint density at radius 1 is 0.313 bits per heavy atom. The number of benzene rings is 9. The predicted molar refractivity (Wildman–Crippen MR) is 619 cm³/mol. The van der Waals surface area contributed by atoms with Crippen molar-refractivity contribution < 1.29 is 52.6 Å². The smallest absolute Gasteiger partial charge is 0.326 e. The molecule has 9 aromatic carbocycles. The van der Waals surface area contributed by atoms with Crippen molar-refractivity contribution in [2.24, 2.45) is 15.0 Å². The summed E-state index contributed by atoms with van der Waals surface area (Å²) < 4.78 is 18.9. The molecular formula is C118H154Cl6N12O11Si3. The summed E-state index contributed by atoms with van der Waals surface area (Å²) in [4.78, 5) is 137. The molecule has 3 N–H and O–H groups in total. The summed E-state index contributed by atoms with van der Waals surface area (Å²) in [5, 5.41) is 3.65. The Balaban J connectivity index is 0.000000187. The van der Waals surface area contributed by atoms with Crippen molar-refractivity contribution in [3.05, 3.63) is 297 Å². The maximum Gasteiger partial charge on any atom is 0.326 e. The molecule has 0 aromatic heterocycles. The summed E-state index contributed by atoms with van der Waals surface area (Å²) in [7, 11) is -6.66. The lowest BCUT2D eigenvalue weighted by Gasteiger charge is -2.47. The van der Waals surface area contributed by atoms with E-state index in [-0.39, 0.29) is 46.2 Å². The number of hydrogen-bond donors (Lipinski definition) is 3. The highest BCUT2D eigenvalue weighted by molar-refractivity contribution is 6.70. The molecule has 150 heavy (non-hydrogen) atoms. The van der Waals surface area contributed by atoms with Gasteiger partial charge in [0.1, 0.15) is 68.0 Å². The molecule has 0 unspecified atom stereocenters. The normalized spacial score (nSPS) is 21.5. The van der Waals surface area contributed by atoms with Crippen LogP contribution in [0.25, 0.3) is 0 Å². The third-order valence-electron chi connectivity index (χ3n) is 30.8. The minimum Gasteiger partial charge on any atom is -0.493 e. The lowest BCUT2D eigenvalue weighted by atomic mass is 9.71. The summed E-state index contributed by atoms with van der Waals surface area (Å²) in [5.74, 6) is 3.66. The molecule has 6 aliphatic heterocycles. The van der Waals surface area contributed by atoms with Crippen LogP contribution in [0.4, 0.5) is 14.4 Å². The Labute approximate surface area is 923 Å². The number of aliphatic imine (C=N–C) groups is 3. The molecule has 3 saturated heterocycles. The lowest BCUT2D eigenvalue weighted by Crippen LogP contribution is -2.61. The van der Waals surface area contributed by atoms with E-state index in [1.807, 2.05) is 252 Å². The second-order valence-electron chi connectivity index (χ2n) is 46.3. The van der Waals surface area contributed by atoms with Gasteiger partial charge in [-0.05, 0) is 315 Å². The van der Waals surface area contributed by atoms with Gasteiger partial charge in [0, 0.05) is 122 Å². The Hall–Kier alpha value is -9.63. The minimum absolute atomic E-state index is 0.0109. The number of rotatable bonds is 26. The fourth-order valence-corrected chi connectivity index (χ4v) is 24.7. The number of hydrogen-bond acceptors (Lipinski definition) is 15. The van der Waals surface area contributed by atoms with Crippen LogP contribution in [-0.4, -0.2) is 236 Å². The largest absolute Gasteiger partial charge is 0.493 e. The van der Waals surface area contributed by atoms with Crippen LogP contribution in [0.15, 0.2) is 215 Å². The van der Waals surface area contributed by atoms with E-state index in [1.54, 1.807) is 4.90 Å². The molecule has 3 fully saturated rings. The first kappa shape index (κ1) is 117. The van der Waals surface area contributed by atoms with Crippen LogP contribution in [0.2, 0.25) is 87.6 Å². The quantitative estimate of drug-likeness (QED) is 0.0429. The van der Waals surface area contributed by atoms with Crippen LogP contribution >= 0.6 is 69.6 Å². The van der Waals surface area contributed by atoms with Crippen molar-refractivity contribution in [2.45, 2.75) is 257 Å². The summed E-state index contributed by atoms with van der Waals surface area (Å²) in [6.45, 7) is 57.5. The van der Waals surface area contributed by atoms with Crippen LogP contribution < -0.4 is 14.2 Å². The van der Waals surface area contributed by atoms with Gasteiger partial charge in [0.05, 0.1) is 36.5 Å². The number of carbonyl (C=O) groups excluding carboxylic acids is 5. The Bertz CT molecular complexity index is 6390.